The molecule has 1 aliphatic rings. The van der Waals surface area contributed by atoms with Crippen LogP contribution in [0.25, 0.3) is 0 Å². The Labute approximate surface area is 118 Å². The third-order valence-electron chi connectivity index (χ3n) is 2.61. The Bertz CT molecular complexity index is 692. The molecule has 0 bridgehead atoms. The molecule has 0 fully saturated rings. The lowest BCUT2D eigenvalue weighted by atomic mass is 10.1. The van der Waals surface area contributed by atoms with Crippen molar-refractivity contribution >= 4 is 46.5 Å². The maximum atomic E-state index is 11.8. The minimum atomic E-state index is -0.264. The minimum absolute atomic E-state index is 0.264. The summed E-state index contributed by atoms with van der Waals surface area (Å²) in [5.74, 6) is -0.264. The quantitative estimate of drug-likeness (QED) is 0.670. The van der Waals surface area contributed by atoms with Crippen molar-refractivity contribution in [1.82, 2.24) is 0 Å². The van der Waals surface area contributed by atoms with Gasteiger partial charge in [-0.15, -0.1) is 5.10 Å². The molecule has 0 aliphatic carbocycles. The van der Waals surface area contributed by atoms with Gasteiger partial charge < -0.3 is 5.32 Å². The van der Waals surface area contributed by atoms with Crippen LogP contribution in [0.5, 0.6) is 0 Å². The fraction of sp³-hybridized carbons (Fsp3) is 0. The van der Waals surface area contributed by atoms with E-state index in [1.807, 2.05) is 16.8 Å². The van der Waals surface area contributed by atoms with Gasteiger partial charge in [-0.25, -0.2) is 0 Å². The Kier molecular flexibility index (Phi) is 3.15. The van der Waals surface area contributed by atoms with Gasteiger partial charge >= 0.3 is 0 Å². The Morgan fingerprint density at radius 1 is 1.32 bits per heavy atom. The summed E-state index contributed by atoms with van der Waals surface area (Å²) in [6.07, 6.45) is 1.61. The molecule has 1 aromatic heterocycles. The Morgan fingerprint density at radius 2 is 2.21 bits per heavy atom. The second-order valence-corrected chi connectivity index (χ2v) is 5.11. The number of hydrogen-bond acceptors (Lipinski definition) is 4. The van der Waals surface area contributed by atoms with Crippen LogP contribution in [-0.2, 0) is 4.79 Å². The average molecular weight is 290 g/mol. The lowest BCUT2D eigenvalue weighted by Crippen LogP contribution is -2.13. The largest absolute Gasteiger partial charge is 0.320 e. The predicted octanol–water partition coefficient (Wildman–Crippen LogP) is 3.18. The molecule has 3 rings (SSSR count). The minimum Gasteiger partial charge on any atom is -0.320 e. The molecule has 4 nitrogen and oxygen atoms in total. The van der Waals surface area contributed by atoms with Crippen molar-refractivity contribution in [3.8, 4) is 0 Å². The van der Waals surface area contributed by atoms with E-state index in [1.54, 1.807) is 35.8 Å². The van der Waals surface area contributed by atoms with Gasteiger partial charge in [0, 0.05) is 16.1 Å². The zero-order chi connectivity index (χ0) is 13.2. The molecule has 6 heteroatoms. The van der Waals surface area contributed by atoms with Gasteiger partial charge in [0.2, 0.25) is 0 Å². The molecule has 0 saturated heterocycles. The van der Waals surface area contributed by atoms with Crippen molar-refractivity contribution in [2.75, 3.05) is 5.32 Å². The first-order chi connectivity index (χ1) is 9.24. The molecular weight excluding hydrogens is 282 g/mol. The van der Waals surface area contributed by atoms with Crippen LogP contribution in [0, 0.1) is 0 Å². The van der Waals surface area contributed by atoms with Crippen LogP contribution in [-0.4, -0.2) is 17.8 Å². The van der Waals surface area contributed by atoms with Crippen LogP contribution in [0.4, 0.5) is 5.69 Å². The number of fused-ring (bicyclic) bond motifs is 1. The molecule has 1 amide bonds. The van der Waals surface area contributed by atoms with Crippen LogP contribution in [0.1, 0.15) is 11.1 Å². The van der Waals surface area contributed by atoms with Gasteiger partial charge in [-0.3, -0.25) is 4.79 Å². The first-order valence-corrected chi connectivity index (χ1v) is 6.80. The van der Waals surface area contributed by atoms with Crippen molar-refractivity contribution < 1.29 is 4.79 Å². The summed E-state index contributed by atoms with van der Waals surface area (Å²) in [7, 11) is 0. The van der Waals surface area contributed by atoms with Crippen LogP contribution in [0.2, 0.25) is 5.02 Å². The highest BCUT2D eigenvalue weighted by Crippen LogP contribution is 2.26. The lowest BCUT2D eigenvalue weighted by Gasteiger charge is -1.96. The standard InChI is InChI=1S/C13H8ClN3OS/c14-9-1-2-11-10(5-9)12(13(18)16-11)17-15-6-8-3-4-19-7-8/h1-7H,(H,16,17,18). The van der Waals surface area contributed by atoms with E-state index in [1.165, 1.54) is 0 Å². The SMILES string of the molecule is O=C1Nc2ccc(Cl)cc2/C1=N\N=Cc1ccsc1. The van der Waals surface area contributed by atoms with Gasteiger partial charge in [-0.2, -0.15) is 16.4 Å². The number of nitrogens with one attached hydrogen (secondary N) is 1. The summed E-state index contributed by atoms with van der Waals surface area (Å²) in [6.45, 7) is 0. The zero-order valence-corrected chi connectivity index (χ0v) is 11.2. The fourth-order valence-electron chi connectivity index (χ4n) is 1.73. The lowest BCUT2D eigenvalue weighted by molar-refractivity contribution is -0.110. The first kappa shape index (κ1) is 12.1. The summed E-state index contributed by atoms with van der Waals surface area (Å²) < 4.78 is 0. The van der Waals surface area contributed by atoms with Gasteiger partial charge in [-0.1, -0.05) is 11.6 Å². The normalized spacial score (nSPS) is 16.1. The van der Waals surface area contributed by atoms with Gasteiger partial charge in [0.1, 0.15) is 0 Å². The van der Waals surface area contributed by atoms with Gasteiger partial charge in [0.05, 0.1) is 11.9 Å². The van der Waals surface area contributed by atoms with Crippen molar-refractivity contribution in [2.24, 2.45) is 10.2 Å². The van der Waals surface area contributed by atoms with E-state index in [0.29, 0.717) is 16.3 Å². The smallest absolute Gasteiger partial charge is 0.276 e. The fourth-order valence-corrected chi connectivity index (χ4v) is 2.51. The maximum Gasteiger partial charge on any atom is 0.276 e. The molecule has 2 aromatic rings. The Balaban J connectivity index is 1.93. The number of thiophene rings is 1. The number of rotatable bonds is 2. The number of hydrogen-bond donors (Lipinski definition) is 1. The van der Waals surface area contributed by atoms with Gasteiger partial charge in [0.25, 0.3) is 5.91 Å². The van der Waals surface area contributed by atoms with Crippen molar-refractivity contribution in [3.05, 3.63) is 51.2 Å². The molecule has 2 heterocycles. The number of carbonyl (C=O) groups excluding carboxylic acids is 1. The zero-order valence-electron chi connectivity index (χ0n) is 9.63. The van der Waals surface area contributed by atoms with E-state index >= 15 is 0 Å². The number of carbonyl (C=O) groups is 1. The van der Waals surface area contributed by atoms with Crippen LogP contribution in [0.3, 0.4) is 0 Å². The third-order valence-corrected chi connectivity index (χ3v) is 3.54. The molecule has 0 saturated carbocycles. The monoisotopic (exact) mass is 289 g/mol. The number of anilines is 1. The second kappa shape index (κ2) is 4.95. The highest BCUT2D eigenvalue weighted by molar-refractivity contribution is 7.08. The molecule has 0 spiro atoms. The van der Waals surface area contributed by atoms with E-state index < -0.39 is 0 Å². The summed E-state index contributed by atoms with van der Waals surface area (Å²) >= 11 is 7.50. The molecule has 0 radical (unpaired) electrons. The van der Waals surface area contributed by atoms with Crippen molar-refractivity contribution in [3.63, 3.8) is 0 Å². The summed E-state index contributed by atoms with van der Waals surface area (Å²) in [5, 5.41) is 15.1. The summed E-state index contributed by atoms with van der Waals surface area (Å²) in [5.41, 5.74) is 2.63. The predicted molar refractivity (Wildman–Crippen MR) is 78.5 cm³/mol. The summed E-state index contributed by atoms with van der Waals surface area (Å²) in [4.78, 5) is 11.8. The molecule has 1 N–H and O–H groups in total. The molecule has 1 aliphatic heterocycles. The van der Waals surface area contributed by atoms with Crippen LogP contribution in [0.15, 0.2) is 45.2 Å². The molecule has 0 unspecified atom stereocenters. The van der Waals surface area contributed by atoms with E-state index in [4.69, 9.17) is 11.6 Å². The molecule has 94 valence electrons. The van der Waals surface area contributed by atoms with E-state index in [9.17, 15) is 4.79 Å². The highest BCUT2D eigenvalue weighted by atomic mass is 35.5. The third kappa shape index (κ3) is 2.43. The number of amides is 1. The molecular formula is C13H8ClN3OS. The van der Waals surface area contributed by atoms with E-state index in [2.05, 4.69) is 15.5 Å². The van der Waals surface area contributed by atoms with Gasteiger partial charge in [0.15, 0.2) is 5.71 Å². The average Bonchev–Trinajstić information content (AvgIpc) is 2.99. The topological polar surface area (TPSA) is 53.8 Å². The molecule has 1 aromatic carbocycles. The second-order valence-electron chi connectivity index (χ2n) is 3.89. The van der Waals surface area contributed by atoms with Crippen molar-refractivity contribution in [1.29, 1.82) is 0 Å². The summed E-state index contributed by atoms with van der Waals surface area (Å²) in [6, 6.07) is 7.10. The van der Waals surface area contributed by atoms with Crippen LogP contribution < -0.4 is 5.32 Å². The van der Waals surface area contributed by atoms with Gasteiger partial charge in [-0.05, 0) is 35.0 Å². The first-order valence-electron chi connectivity index (χ1n) is 5.48. The Hall–Kier alpha value is -1.98. The van der Waals surface area contributed by atoms with Crippen molar-refractivity contribution in [2.45, 2.75) is 0 Å². The van der Waals surface area contributed by atoms with Crippen LogP contribution >= 0.6 is 22.9 Å². The van der Waals surface area contributed by atoms with E-state index in [0.717, 1.165) is 5.56 Å². The molecule has 19 heavy (non-hydrogen) atoms. The molecule has 0 atom stereocenters. The van der Waals surface area contributed by atoms with E-state index in [-0.39, 0.29) is 11.6 Å². The maximum absolute atomic E-state index is 11.8. The number of nitrogens with zero attached hydrogens (tertiary/aromatic N) is 2. The Morgan fingerprint density at radius 3 is 3.00 bits per heavy atom. The number of benzene rings is 1. The number of halogens is 1. The highest BCUT2D eigenvalue weighted by Gasteiger charge is 2.26.